The molecule has 0 aromatic rings. The van der Waals surface area contributed by atoms with Crippen LogP contribution in [-0.2, 0) is 0 Å². The first-order chi connectivity index (χ1) is 9.45. The van der Waals surface area contributed by atoms with Crippen LogP contribution in [0.15, 0.2) is 0 Å². The van der Waals surface area contributed by atoms with Crippen molar-refractivity contribution in [2.45, 2.75) is 95.9 Å². The first-order valence-electron chi connectivity index (χ1n) is 9.45. The van der Waals surface area contributed by atoms with E-state index < -0.39 is 0 Å². The van der Waals surface area contributed by atoms with Gasteiger partial charge in [0, 0.05) is 0 Å². The Labute approximate surface area is 141 Å². The van der Waals surface area contributed by atoms with Gasteiger partial charge in [0.05, 0.1) is 0 Å². The molecule has 1 fully saturated rings. The molecule has 0 aromatic carbocycles. The smallest absolute Gasteiger partial charge is 0.0329 e. The first-order valence-corrected chi connectivity index (χ1v) is 9.45. The van der Waals surface area contributed by atoms with Crippen LogP contribution in [-0.4, -0.2) is 0 Å². The van der Waals surface area contributed by atoms with E-state index in [2.05, 4.69) is 83.1 Å². The van der Waals surface area contributed by atoms with E-state index in [4.69, 9.17) is 0 Å². The molecule has 0 spiro atoms. The molecule has 1 rings (SSSR count). The zero-order valence-electron chi connectivity index (χ0n) is 17.7. The predicted octanol–water partition coefficient (Wildman–Crippen LogP) is 7.43. The van der Waals surface area contributed by atoms with Crippen LogP contribution in [0, 0.1) is 45.3 Å². The van der Waals surface area contributed by atoms with Gasteiger partial charge < -0.3 is 0 Å². The minimum atomic E-state index is 0.407. The second-order valence-corrected chi connectivity index (χ2v) is 12.4. The van der Waals surface area contributed by atoms with Crippen LogP contribution in [0.25, 0.3) is 0 Å². The highest BCUT2D eigenvalue weighted by Crippen LogP contribution is 2.59. The lowest BCUT2D eigenvalue weighted by Gasteiger charge is -2.57. The van der Waals surface area contributed by atoms with E-state index in [1.165, 1.54) is 12.8 Å². The summed E-state index contributed by atoms with van der Waals surface area (Å²) in [6.07, 6.45) is 2.80. The van der Waals surface area contributed by atoms with Crippen LogP contribution < -0.4 is 0 Å². The Balaban J connectivity index is 3.30. The molecule has 0 nitrogen and oxygen atoms in total. The average Bonchev–Trinajstić information content (AvgIpc) is 2.22. The standard InChI is InChI=1S/C22H44/c1-19(2,3)15-13-17(21(7,8)9)18(22(10,11)12)14-16(15)20(4,5)6/h15-18H,13-14H2,1-12H3. The van der Waals surface area contributed by atoms with E-state index in [0.717, 1.165) is 23.7 Å². The molecule has 1 aliphatic carbocycles. The van der Waals surface area contributed by atoms with E-state index in [-0.39, 0.29) is 0 Å². The number of hydrogen-bond acceptors (Lipinski definition) is 0. The second kappa shape index (κ2) is 5.82. The molecule has 132 valence electrons. The van der Waals surface area contributed by atoms with Crippen LogP contribution in [0.1, 0.15) is 95.9 Å². The van der Waals surface area contributed by atoms with Crippen molar-refractivity contribution in [3.63, 3.8) is 0 Å². The Morgan fingerprint density at radius 2 is 0.500 bits per heavy atom. The van der Waals surface area contributed by atoms with Gasteiger partial charge in [0.15, 0.2) is 0 Å². The lowest BCUT2D eigenvalue weighted by Crippen LogP contribution is -2.49. The summed E-state index contributed by atoms with van der Waals surface area (Å²) >= 11 is 0. The third-order valence-electron chi connectivity index (χ3n) is 6.44. The molecular formula is C22H44. The number of rotatable bonds is 0. The van der Waals surface area contributed by atoms with Gasteiger partial charge in [-0.2, -0.15) is 0 Å². The maximum absolute atomic E-state index is 2.47. The van der Waals surface area contributed by atoms with Gasteiger partial charge in [0.2, 0.25) is 0 Å². The van der Waals surface area contributed by atoms with Gasteiger partial charge in [0.25, 0.3) is 0 Å². The van der Waals surface area contributed by atoms with E-state index in [0.29, 0.717) is 21.7 Å². The summed E-state index contributed by atoms with van der Waals surface area (Å²) in [5.41, 5.74) is 1.63. The van der Waals surface area contributed by atoms with E-state index in [1.807, 2.05) is 0 Å². The average molecular weight is 309 g/mol. The van der Waals surface area contributed by atoms with Crippen molar-refractivity contribution in [1.82, 2.24) is 0 Å². The maximum atomic E-state index is 2.47. The molecule has 0 radical (unpaired) electrons. The molecule has 4 unspecified atom stereocenters. The Bertz CT molecular complexity index is 287. The summed E-state index contributed by atoms with van der Waals surface area (Å²) in [5, 5.41) is 0. The minimum Gasteiger partial charge on any atom is -0.0599 e. The van der Waals surface area contributed by atoms with Gasteiger partial charge in [-0.25, -0.2) is 0 Å². The summed E-state index contributed by atoms with van der Waals surface area (Å²) in [6, 6.07) is 0. The molecule has 1 aliphatic rings. The largest absolute Gasteiger partial charge is 0.0599 e. The van der Waals surface area contributed by atoms with Crippen LogP contribution >= 0.6 is 0 Å². The van der Waals surface area contributed by atoms with Crippen molar-refractivity contribution < 1.29 is 0 Å². The van der Waals surface area contributed by atoms with Crippen LogP contribution in [0.2, 0.25) is 0 Å². The quantitative estimate of drug-likeness (QED) is 0.436. The van der Waals surface area contributed by atoms with Crippen molar-refractivity contribution >= 4 is 0 Å². The molecule has 0 amide bonds. The summed E-state index contributed by atoms with van der Waals surface area (Å²) in [7, 11) is 0. The van der Waals surface area contributed by atoms with Gasteiger partial charge in [-0.15, -0.1) is 0 Å². The van der Waals surface area contributed by atoms with Gasteiger partial charge in [0.1, 0.15) is 0 Å². The maximum Gasteiger partial charge on any atom is -0.0329 e. The molecule has 0 N–H and O–H groups in total. The fourth-order valence-corrected chi connectivity index (χ4v) is 5.03. The summed E-state index contributed by atoms with van der Waals surface area (Å²) in [5.74, 6) is 3.32. The van der Waals surface area contributed by atoms with Crippen molar-refractivity contribution in [1.29, 1.82) is 0 Å². The van der Waals surface area contributed by atoms with Gasteiger partial charge in [-0.05, 0) is 58.2 Å². The topological polar surface area (TPSA) is 0 Å². The third kappa shape index (κ3) is 4.51. The van der Waals surface area contributed by atoms with Crippen LogP contribution in [0.4, 0.5) is 0 Å². The molecule has 0 heterocycles. The minimum absolute atomic E-state index is 0.407. The molecule has 0 saturated heterocycles. The number of hydrogen-bond donors (Lipinski definition) is 0. The van der Waals surface area contributed by atoms with Gasteiger partial charge in [-0.3, -0.25) is 0 Å². The lowest BCUT2D eigenvalue weighted by atomic mass is 9.48. The highest BCUT2D eigenvalue weighted by molar-refractivity contribution is 5.00. The van der Waals surface area contributed by atoms with E-state index in [1.54, 1.807) is 0 Å². The predicted molar refractivity (Wildman–Crippen MR) is 101 cm³/mol. The van der Waals surface area contributed by atoms with Crippen LogP contribution in [0.3, 0.4) is 0 Å². The molecular weight excluding hydrogens is 264 g/mol. The summed E-state index contributed by atoms with van der Waals surface area (Å²) in [6.45, 7) is 29.6. The molecule has 0 heteroatoms. The summed E-state index contributed by atoms with van der Waals surface area (Å²) < 4.78 is 0. The second-order valence-electron chi connectivity index (χ2n) is 12.4. The fraction of sp³-hybridized carbons (Fsp3) is 1.00. The van der Waals surface area contributed by atoms with E-state index >= 15 is 0 Å². The van der Waals surface area contributed by atoms with Gasteiger partial charge >= 0.3 is 0 Å². The Hall–Kier alpha value is 0. The van der Waals surface area contributed by atoms with Crippen LogP contribution in [0.5, 0.6) is 0 Å². The molecule has 4 atom stereocenters. The SMILES string of the molecule is CC(C)(C)C1CC(C(C)(C)C)C(C(C)(C)C)CC1C(C)(C)C. The lowest BCUT2D eigenvalue weighted by molar-refractivity contribution is -0.0790. The highest BCUT2D eigenvalue weighted by atomic mass is 14.6. The Kier molecular flexibility index (Phi) is 5.30. The van der Waals surface area contributed by atoms with Crippen molar-refractivity contribution in [2.24, 2.45) is 45.3 Å². The molecule has 0 aliphatic heterocycles. The highest BCUT2D eigenvalue weighted by Gasteiger charge is 2.51. The molecule has 1 saturated carbocycles. The van der Waals surface area contributed by atoms with Crippen molar-refractivity contribution in [2.75, 3.05) is 0 Å². The third-order valence-corrected chi connectivity index (χ3v) is 6.44. The zero-order valence-corrected chi connectivity index (χ0v) is 17.7. The molecule has 0 aromatic heterocycles. The Morgan fingerprint density at radius 3 is 0.591 bits per heavy atom. The molecule has 0 bridgehead atoms. The normalized spacial score (nSPS) is 32.2. The zero-order chi connectivity index (χ0) is 17.7. The van der Waals surface area contributed by atoms with E-state index in [9.17, 15) is 0 Å². The summed E-state index contributed by atoms with van der Waals surface area (Å²) in [4.78, 5) is 0. The van der Waals surface area contributed by atoms with Gasteiger partial charge in [-0.1, -0.05) is 83.1 Å². The molecule has 22 heavy (non-hydrogen) atoms. The Morgan fingerprint density at radius 1 is 0.364 bits per heavy atom. The fourth-order valence-electron chi connectivity index (χ4n) is 5.03. The van der Waals surface area contributed by atoms with Crippen molar-refractivity contribution in [3.8, 4) is 0 Å². The monoisotopic (exact) mass is 308 g/mol. The van der Waals surface area contributed by atoms with Crippen molar-refractivity contribution in [3.05, 3.63) is 0 Å². The first kappa shape index (κ1) is 20.0.